The van der Waals surface area contributed by atoms with Crippen LogP contribution in [0.2, 0.25) is 0 Å². The molecule has 0 aliphatic rings. The number of pyridine rings is 1. The fourth-order valence-electron chi connectivity index (χ4n) is 1.18. The van der Waals surface area contributed by atoms with E-state index < -0.39 is 0 Å². The summed E-state index contributed by atoms with van der Waals surface area (Å²) in [6, 6.07) is 3.65. The number of hydrazine groups is 1. The minimum Gasteiger partial charge on any atom is -0.340 e. The molecule has 1 amide bonds. The van der Waals surface area contributed by atoms with E-state index >= 15 is 0 Å². The number of amides is 1. The summed E-state index contributed by atoms with van der Waals surface area (Å²) in [5.74, 6) is 5.23. The summed E-state index contributed by atoms with van der Waals surface area (Å²) in [5, 5.41) is 0. The number of aromatic nitrogens is 3. The molecule has 2 aromatic rings. The van der Waals surface area contributed by atoms with Gasteiger partial charge >= 0.3 is 0 Å². The fourth-order valence-corrected chi connectivity index (χ4v) is 1.18. The third kappa shape index (κ3) is 1.55. The monoisotopic (exact) mass is 191 g/mol. The predicted octanol–water partition coefficient (Wildman–Crippen LogP) is -0.510. The maximum atomic E-state index is 10.9. The van der Waals surface area contributed by atoms with E-state index in [2.05, 4.69) is 15.0 Å². The number of rotatable bonds is 2. The summed E-state index contributed by atoms with van der Waals surface area (Å²) in [6.45, 7) is 0. The topological polar surface area (TPSA) is 96.7 Å². The van der Waals surface area contributed by atoms with Crippen molar-refractivity contribution in [1.29, 1.82) is 0 Å². The number of carbonyl (C=O) groups excluding carboxylic acids is 1. The lowest BCUT2D eigenvalue weighted by Gasteiger charge is -1.93. The van der Waals surface area contributed by atoms with Gasteiger partial charge in [-0.25, -0.2) is 15.8 Å². The molecule has 72 valence electrons. The van der Waals surface area contributed by atoms with Crippen molar-refractivity contribution in [3.63, 3.8) is 0 Å². The molecule has 0 aliphatic heterocycles. The van der Waals surface area contributed by atoms with Crippen LogP contribution in [0.1, 0.15) is 5.82 Å². The average molecular weight is 191 g/mol. The number of imidazole rings is 1. The van der Waals surface area contributed by atoms with Crippen LogP contribution in [0, 0.1) is 0 Å². The number of nitrogens with one attached hydrogen (secondary N) is 2. The van der Waals surface area contributed by atoms with Crippen molar-refractivity contribution < 1.29 is 4.79 Å². The van der Waals surface area contributed by atoms with Gasteiger partial charge in [-0.1, -0.05) is 0 Å². The molecule has 2 heterocycles. The molecule has 6 nitrogen and oxygen atoms in total. The Kier molecular flexibility index (Phi) is 2.11. The normalized spacial score (nSPS) is 10.4. The Labute approximate surface area is 79.5 Å². The molecular formula is C8H9N5O. The SMILES string of the molecule is NNC(=O)Cc1nc2ncccc2[nH]1. The van der Waals surface area contributed by atoms with Gasteiger partial charge in [0.05, 0.1) is 11.9 Å². The zero-order valence-electron chi connectivity index (χ0n) is 7.32. The second-order valence-corrected chi connectivity index (χ2v) is 2.80. The zero-order chi connectivity index (χ0) is 9.97. The summed E-state index contributed by atoms with van der Waals surface area (Å²) in [5.41, 5.74) is 3.45. The molecule has 0 saturated heterocycles. The van der Waals surface area contributed by atoms with Crippen molar-refractivity contribution in [2.24, 2.45) is 5.84 Å². The quantitative estimate of drug-likeness (QED) is 0.338. The summed E-state index contributed by atoms with van der Waals surface area (Å²) in [6.07, 6.45) is 1.78. The molecule has 0 aliphatic carbocycles. The van der Waals surface area contributed by atoms with Crippen molar-refractivity contribution in [3.8, 4) is 0 Å². The Hall–Kier alpha value is -1.95. The lowest BCUT2D eigenvalue weighted by atomic mass is 10.4. The highest BCUT2D eigenvalue weighted by Gasteiger charge is 2.06. The van der Waals surface area contributed by atoms with E-state index in [0.29, 0.717) is 11.5 Å². The number of aromatic amines is 1. The molecule has 6 heteroatoms. The maximum Gasteiger partial charge on any atom is 0.241 e. The van der Waals surface area contributed by atoms with E-state index in [1.54, 1.807) is 12.3 Å². The summed E-state index contributed by atoms with van der Waals surface area (Å²) in [4.78, 5) is 22.1. The van der Waals surface area contributed by atoms with Crippen molar-refractivity contribution in [2.45, 2.75) is 6.42 Å². The van der Waals surface area contributed by atoms with Gasteiger partial charge in [0, 0.05) is 6.20 Å². The van der Waals surface area contributed by atoms with Gasteiger partial charge in [0.15, 0.2) is 5.65 Å². The van der Waals surface area contributed by atoms with Crippen LogP contribution >= 0.6 is 0 Å². The minimum absolute atomic E-state index is 0.132. The smallest absolute Gasteiger partial charge is 0.241 e. The van der Waals surface area contributed by atoms with Gasteiger partial charge in [-0.05, 0) is 12.1 Å². The van der Waals surface area contributed by atoms with Crippen molar-refractivity contribution in [2.75, 3.05) is 0 Å². The highest BCUT2D eigenvalue weighted by molar-refractivity contribution is 5.78. The summed E-state index contributed by atoms with van der Waals surface area (Å²) < 4.78 is 0. The molecule has 2 rings (SSSR count). The number of hydrogen-bond acceptors (Lipinski definition) is 4. The van der Waals surface area contributed by atoms with E-state index in [4.69, 9.17) is 5.84 Å². The first-order valence-electron chi connectivity index (χ1n) is 4.08. The largest absolute Gasteiger partial charge is 0.340 e. The van der Waals surface area contributed by atoms with Crippen LogP contribution in [0.4, 0.5) is 0 Å². The van der Waals surface area contributed by atoms with Crippen LogP contribution in [-0.2, 0) is 11.2 Å². The molecule has 0 atom stereocenters. The van der Waals surface area contributed by atoms with E-state index in [0.717, 1.165) is 5.52 Å². The predicted molar refractivity (Wildman–Crippen MR) is 49.9 cm³/mol. The van der Waals surface area contributed by atoms with E-state index in [-0.39, 0.29) is 12.3 Å². The summed E-state index contributed by atoms with van der Waals surface area (Å²) in [7, 11) is 0. The molecule has 0 spiro atoms. The highest BCUT2D eigenvalue weighted by atomic mass is 16.2. The minimum atomic E-state index is -0.288. The van der Waals surface area contributed by atoms with Crippen LogP contribution < -0.4 is 11.3 Å². The number of fused-ring (bicyclic) bond motifs is 1. The van der Waals surface area contributed by atoms with Gasteiger partial charge in [-0.2, -0.15) is 0 Å². The van der Waals surface area contributed by atoms with Crippen LogP contribution in [-0.4, -0.2) is 20.9 Å². The lowest BCUT2D eigenvalue weighted by molar-refractivity contribution is -0.120. The Morgan fingerprint density at radius 2 is 2.50 bits per heavy atom. The molecule has 0 fully saturated rings. The van der Waals surface area contributed by atoms with Crippen LogP contribution in [0.25, 0.3) is 11.2 Å². The lowest BCUT2D eigenvalue weighted by Crippen LogP contribution is -2.31. The molecule has 14 heavy (non-hydrogen) atoms. The number of nitrogens with zero attached hydrogens (tertiary/aromatic N) is 2. The van der Waals surface area contributed by atoms with Gasteiger partial charge < -0.3 is 4.98 Å². The van der Waals surface area contributed by atoms with E-state index in [1.165, 1.54) is 0 Å². The molecule has 0 aromatic carbocycles. The molecule has 2 aromatic heterocycles. The molecular weight excluding hydrogens is 182 g/mol. The molecule has 4 N–H and O–H groups in total. The van der Waals surface area contributed by atoms with Crippen molar-refractivity contribution >= 4 is 17.1 Å². The summed E-state index contributed by atoms with van der Waals surface area (Å²) >= 11 is 0. The van der Waals surface area contributed by atoms with Gasteiger partial charge in [0.25, 0.3) is 0 Å². The highest BCUT2D eigenvalue weighted by Crippen LogP contribution is 2.07. The number of H-pyrrole nitrogens is 1. The first-order chi connectivity index (χ1) is 6.79. The second-order valence-electron chi connectivity index (χ2n) is 2.80. The van der Waals surface area contributed by atoms with Crippen molar-refractivity contribution in [1.82, 2.24) is 20.4 Å². The first-order valence-corrected chi connectivity index (χ1v) is 4.08. The molecule has 0 bridgehead atoms. The zero-order valence-corrected chi connectivity index (χ0v) is 7.32. The van der Waals surface area contributed by atoms with E-state index in [1.807, 2.05) is 11.5 Å². The molecule has 0 radical (unpaired) electrons. The number of hydrogen-bond donors (Lipinski definition) is 3. The average Bonchev–Trinajstić information content (AvgIpc) is 2.59. The van der Waals surface area contributed by atoms with Crippen LogP contribution in [0.3, 0.4) is 0 Å². The molecule has 0 unspecified atom stereocenters. The Morgan fingerprint density at radius 1 is 1.64 bits per heavy atom. The first kappa shape index (κ1) is 8.64. The second kappa shape index (κ2) is 3.43. The maximum absolute atomic E-state index is 10.9. The Morgan fingerprint density at radius 3 is 3.21 bits per heavy atom. The van der Waals surface area contributed by atoms with Crippen molar-refractivity contribution in [3.05, 3.63) is 24.2 Å². The van der Waals surface area contributed by atoms with Gasteiger partial charge in [-0.15, -0.1) is 0 Å². The fraction of sp³-hybridized carbons (Fsp3) is 0.125. The van der Waals surface area contributed by atoms with Gasteiger partial charge in [-0.3, -0.25) is 10.2 Å². The van der Waals surface area contributed by atoms with Crippen LogP contribution in [0.5, 0.6) is 0 Å². The molecule has 0 saturated carbocycles. The Bertz CT molecular complexity index is 430. The Balaban J connectivity index is 2.31. The third-order valence-electron chi connectivity index (χ3n) is 1.80. The van der Waals surface area contributed by atoms with Gasteiger partial charge in [0.1, 0.15) is 5.82 Å². The van der Waals surface area contributed by atoms with E-state index in [9.17, 15) is 4.79 Å². The number of carbonyl (C=O) groups is 1. The van der Waals surface area contributed by atoms with Crippen LogP contribution in [0.15, 0.2) is 18.3 Å². The number of nitrogens with two attached hydrogens (primary N) is 1. The van der Waals surface area contributed by atoms with Gasteiger partial charge in [0.2, 0.25) is 5.91 Å². The third-order valence-corrected chi connectivity index (χ3v) is 1.80. The standard InChI is InChI=1S/C8H9N5O/c9-13-7(14)4-6-11-5-2-1-3-10-8(5)12-6/h1-3H,4,9H2,(H,13,14)(H,10,11,12).